The third-order valence-corrected chi connectivity index (χ3v) is 1.96. The smallest absolute Gasteiger partial charge is 0.325 e. The number of carboxylic acids is 2. The molecule has 0 aliphatic carbocycles. The summed E-state index contributed by atoms with van der Waals surface area (Å²) in [5.41, 5.74) is 6.44. The first-order valence-corrected chi connectivity index (χ1v) is 4.29. The molecule has 0 heterocycles. The summed E-state index contributed by atoms with van der Waals surface area (Å²) in [6.45, 7) is 0. The van der Waals surface area contributed by atoms with Crippen LogP contribution in [0.2, 0.25) is 0 Å². The van der Waals surface area contributed by atoms with Crippen LogP contribution in [0.15, 0.2) is 24.3 Å². The highest BCUT2D eigenvalue weighted by atomic mass is 16.4. The van der Waals surface area contributed by atoms with Gasteiger partial charge in [0.1, 0.15) is 6.04 Å². The first-order valence-electron chi connectivity index (χ1n) is 4.29. The summed E-state index contributed by atoms with van der Waals surface area (Å²) in [7, 11) is 0. The molecule has 15 heavy (non-hydrogen) atoms. The van der Waals surface area contributed by atoms with E-state index in [2.05, 4.69) is 0 Å². The van der Waals surface area contributed by atoms with Gasteiger partial charge in [-0.15, -0.1) is 0 Å². The minimum atomic E-state index is -1.11. The van der Waals surface area contributed by atoms with Crippen LogP contribution in [0.4, 0.5) is 0 Å². The summed E-state index contributed by atoms with van der Waals surface area (Å²) in [5.74, 6) is -2.04. The topological polar surface area (TPSA) is 101 Å². The third kappa shape index (κ3) is 3.07. The molecule has 80 valence electrons. The van der Waals surface area contributed by atoms with E-state index in [1.807, 2.05) is 0 Å². The Morgan fingerprint density at radius 1 is 1.20 bits per heavy atom. The molecule has 1 rings (SSSR count). The normalized spacial score (nSPS) is 12.1. The molecule has 0 fully saturated rings. The van der Waals surface area contributed by atoms with Crippen molar-refractivity contribution in [3.8, 4) is 0 Å². The molecule has 5 nitrogen and oxygen atoms in total. The quantitative estimate of drug-likeness (QED) is 0.666. The molecular weight excluding hydrogens is 198 g/mol. The average Bonchev–Trinajstić information content (AvgIpc) is 2.17. The van der Waals surface area contributed by atoms with E-state index in [1.54, 1.807) is 12.1 Å². The predicted molar refractivity (Wildman–Crippen MR) is 52.3 cm³/mol. The molecule has 0 unspecified atom stereocenters. The molecule has 4 N–H and O–H groups in total. The number of carboxylic acid groups (broad SMARTS) is 2. The van der Waals surface area contributed by atoms with Gasteiger partial charge in [0, 0.05) is 0 Å². The largest absolute Gasteiger partial charge is 0.481 e. The molecule has 5 heteroatoms. The van der Waals surface area contributed by atoms with Crippen molar-refractivity contribution in [3.05, 3.63) is 35.4 Å². The van der Waals surface area contributed by atoms with E-state index in [1.165, 1.54) is 12.1 Å². The Morgan fingerprint density at radius 2 is 1.73 bits per heavy atom. The highest BCUT2D eigenvalue weighted by molar-refractivity contribution is 5.75. The Bertz CT molecular complexity index is 372. The zero-order chi connectivity index (χ0) is 11.4. The van der Waals surface area contributed by atoms with E-state index in [0.717, 1.165) is 0 Å². The standard InChI is InChI=1S/C10H11NO4/c11-9(10(14)15)7-3-1-6(2-4-7)5-8(12)13/h1-4,9H,5,11H2,(H,12,13)(H,14,15)/t9-/m0/s1. The van der Waals surface area contributed by atoms with E-state index in [-0.39, 0.29) is 6.42 Å². The maximum atomic E-state index is 10.5. The number of carbonyl (C=O) groups is 2. The lowest BCUT2D eigenvalue weighted by atomic mass is 10.0. The molecule has 0 spiro atoms. The van der Waals surface area contributed by atoms with Gasteiger partial charge in [0.2, 0.25) is 0 Å². The molecule has 0 aliphatic heterocycles. The Kier molecular flexibility index (Phi) is 3.41. The highest BCUT2D eigenvalue weighted by Crippen LogP contribution is 2.12. The van der Waals surface area contributed by atoms with E-state index in [4.69, 9.17) is 15.9 Å². The van der Waals surface area contributed by atoms with Gasteiger partial charge >= 0.3 is 11.9 Å². The predicted octanol–water partition coefficient (Wildman–Crippen LogP) is 0.398. The molecular formula is C10H11NO4. The number of hydrogen-bond acceptors (Lipinski definition) is 3. The van der Waals surface area contributed by atoms with Gasteiger partial charge in [0.25, 0.3) is 0 Å². The van der Waals surface area contributed by atoms with Crippen LogP contribution in [-0.4, -0.2) is 22.2 Å². The summed E-state index contributed by atoms with van der Waals surface area (Å²) in [6.07, 6.45) is -0.0808. The number of aliphatic carboxylic acids is 2. The fourth-order valence-corrected chi connectivity index (χ4v) is 1.16. The summed E-state index contributed by atoms with van der Waals surface area (Å²) >= 11 is 0. The molecule has 0 saturated carbocycles. The van der Waals surface area contributed by atoms with Crippen molar-refractivity contribution in [3.63, 3.8) is 0 Å². The van der Waals surface area contributed by atoms with Gasteiger partial charge in [-0.2, -0.15) is 0 Å². The Hall–Kier alpha value is -1.88. The summed E-state index contributed by atoms with van der Waals surface area (Å²) in [5, 5.41) is 17.1. The second kappa shape index (κ2) is 4.56. The minimum Gasteiger partial charge on any atom is -0.481 e. The first kappa shape index (κ1) is 11.2. The van der Waals surface area contributed by atoms with Crippen molar-refractivity contribution in [1.82, 2.24) is 0 Å². The summed E-state index contributed by atoms with van der Waals surface area (Å²) < 4.78 is 0. The molecule has 0 saturated heterocycles. The Morgan fingerprint density at radius 3 is 2.13 bits per heavy atom. The van der Waals surface area contributed by atoms with Gasteiger partial charge in [-0.05, 0) is 11.1 Å². The maximum absolute atomic E-state index is 10.5. The van der Waals surface area contributed by atoms with Crippen molar-refractivity contribution in [2.45, 2.75) is 12.5 Å². The Balaban J connectivity index is 2.80. The number of nitrogens with two attached hydrogens (primary N) is 1. The lowest BCUT2D eigenvalue weighted by Gasteiger charge is -2.06. The van der Waals surface area contributed by atoms with Crippen LogP contribution in [-0.2, 0) is 16.0 Å². The van der Waals surface area contributed by atoms with Crippen molar-refractivity contribution in [2.24, 2.45) is 5.73 Å². The van der Waals surface area contributed by atoms with Gasteiger partial charge in [-0.1, -0.05) is 24.3 Å². The van der Waals surface area contributed by atoms with Gasteiger partial charge in [0.15, 0.2) is 0 Å². The van der Waals surface area contributed by atoms with Crippen molar-refractivity contribution in [1.29, 1.82) is 0 Å². The molecule has 0 aliphatic rings. The molecule has 0 bridgehead atoms. The van der Waals surface area contributed by atoms with Crippen LogP contribution in [0, 0.1) is 0 Å². The van der Waals surface area contributed by atoms with E-state index in [0.29, 0.717) is 11.1 Å². The van der Waals surface area contributed by atoms with Crippen LogP contribution in [0.5, 0.6) is 0 Å². The Labute approximate surface area is 86.1 Å². The summed E-state index contributed by atoms with van der Waals surface area (Å²) in [6, 6.07) is 5.11. The second-order valence-electron chi connectivity index (χ2n) is 3.13. The van der Waals surface area contributed by atoms with Gasteiger partial charge in [-0.25, -0.2) is 0 Å². The fraction of sp³-hybridized carbons (Fsp3) is 0.200. The van der Waals surface area contributed by atoms with Crippen molar-refractivity contribution < 1.29 is 19.8 Å². The SMILES string of the molecule is N[C@H](C(=O)O)c1ccc(CC(=O)O)cc1. The van der Waals surface area contributed by atoms with Gasteiger partial charge in [-0.3, -0.25) is 9.59 Å². The van der Waals surface area contributed by atoms with Gasteiger partial charge < -0.3 is 15.9 Å². The van der Waals surface area contributed by atoms with Crippen LogP contribution in [0.1, 0.15) is 17.2 Å². The van der Waals surface area contributed by atoms with Crippen LogP contribution >= 0.6 is 0 Å². The third-order valence-electron chi connectivity index (χ3n) is 1.96. The van der Waals surface area contributed by atoms with E-state index in [9.17, 15) is 9.59 Å². The van der Waals surface area contributed by atoms with Crippen LogP contribution in [0.3, 0.4) is 0 Å². The number of benzene rings is 1. The van der Waals surface area contributed by atoms with Crippen molar-refractivity contribution in [2.75, 3.05) is 0 Å². The van der Waals surface area contributed by atoms with Crippen molar-refractivity contribution >= 4 is 11.9 Å². The average molecular weight is 209 g/mol. The minimum absolute atomic E-state index is 0.0808. The monoisotopic (exact) mass is 209 g/mol. The molecule has 1 atom stereocenters. The van der Waals surface area contributed by atoms with Gasteiger partial charge in [0.05, 0.1) is 6.42 Å². The lowest BCUT2D eigenvalue weighted by molar-refractivity contribution is -0.139. The first-order chi connectivity index (χ1) is 7.00. The lowest BCUT2D eigenvalue weighted by Crippen LogP contribution is -2.20. The zero-order valence-electron chi connectivity index (χ0n) is 7.88. The molecule has 0 radical (unpaired) electrons. The second-order valence-corrected chi connectivity index (χ2v) is 3.13. The van der Waals surface area contributed by atoms with Crippen LogP contribution < -0.4 is 5.73 Å². The highest BCUT2D eigenvalue weighted by Gasteiger charge is 2.13. The molecule has 1 aromatic carbocycles. The zero-order valence-corrected chi connectivity index (χ0v) is 7.88. The summed E-state index contributed by atoms with van der Waals surface area (Å²) in [4.78, 5) is 20.9. The fourth-order valence-electron chi connectivity index (χ4n) is 1.16. The van der Waals surface area contributed by atoms with E-state index < -0.39 is 18.0 Å². The molecule has 1 aromatic rings. The molecule has 0 aromatic heterocycles. The van der Waals surface area contributed by atoms with E-state index >= 15 is 0 Å². The number of rotatable bonds is 4. The maximum Gasteiger partial charge on any atom is 0.325 e. The van der Waals surface area contributed by atoms with Crippen LogP contribution in [0.25, 0.3) is 0 Å². The molecule has 0 amide bonds. The number of hydrogen-bond donors (Lipinski definition) is 3.